The number of aromatic amines is 1. The van der Waals surface area contributed by atoms with Crippen molar-refractivity contribution in [2.45, 2.75) is 11.8 Å². The van der Waals surface area contributed by atoms with Crippen molar-refractivity contribution >= 4 is 33.3 Å². The minimum Gasteiger partial charge on any atom is -0.477 e. The number of halogens is 2. The molecule has 112 valence electrons. The summed E-state index contributed by atoms with van der Waals surface area (Å²) in [4.78, 5) is 13.2. The maximum atomic E-state index is 13.0. The third-order valence-corrected chi connectivity index (χ3v) is 4.44. The summed E-state index contributed by atoms with van der Waals surface area (Å²) in [5.41, 5.74) is 0.0463. The molecule has 6 nitrogen and oxygen atoms in total. The average Bonchev–Trinajstić information content (AvgIpc) is 2.68. The highest BCUT2D eigenvalue weighted by molar-refractivity contribution is 7.92. The minimum absolute atomic E-state index is 0.125. The van der Waals surface area contributed by atoms with E-state index in [4.69, 9.17) is 16.7 Å². The fourth-order valence-corrected chi connectivity index (χ4v) is 3.33. The van der Waals surface area contributed by atoms with E-state index in [0.717, 1.165) is 18.2 Å². The Kier molecular flexibility index (Phi) is 3.93. The lowest BCUT2D eigenvalue weighted by molar-refractivity contribution is 0.0692. The number of hydrogen-bond donors (Lipinski definition) is 3. The van der Waals surface area contributed by atoms with E-state index in [0.29, 0.717) is 5.69 Å². The molecule has 1 aromatic heterocycles. The zero-order valence-corrected chi connectivity index (χ0v) is 12.2. The third-order valence-electron chi connectivity index (χ3n) is 2.59. The molecule has 0 saturated heterocycles. The molecule has 0 radical (unpaired) electrons. The number of aromatic carboxylic acids is 1. The van der Waals surface area contributed by atoms with Gasteiger partial charge in [0.05, 0.1) is 10.7 Å². The lowest BCUT2D eigenvalue weighted by Crippen LogP contribution is -2.15. The van der Waals surface area contributed by atoms with E-state index in [1.165, 1.54) is 6.07 Å². The smallest absolute Gasteiger partial charge is 0.354 e. The maximum absolute atomic E-state index is 13.0. The highest BCUT2D eigenvalue weighted by Crippen LogP contribution is 2.26. The van der Waals surface area contributed by atoms with E-state index in [-0.39, 0.29) is 21.3 Å². The number of rotatable bonds is 4. The van der Waals surface area contributed by atoms with E-state index < -0.39 is 21.8 Å². The zero-order valence-electron chi connectivity index (χ0n) is 10.6. The molecule has 0 saturated carbocycles. The second-order valence-corrected chi connectivity index (χ2v) is 6.28. The molecule has 2 aromatic rings. The van der Waals surface area contributed by atoms with Crippen molar-refractivity contribution in [1.82, 2.24) is 4.98 Å². The zero-order chi connectivity index (χ0) is 15.8. The first-order chi connectivity index (χ1) is 9.70. The molecule has 2 rings (SSSR count). The van der Waals surface area contributed by atoms with E-state index >= 15 is 0 Å². The molecule has 1 aromatic carbocycles. The summed E-state index contributed by atoms with van der Waals surface area (Å²) in [5.74, 6) is -1.99. The Balaban J connectivity index is 2.45. The van der Waals surface area contributed by atoms with Crippen LogP contribution in [0.25, 0.3) is 0 Å². The largest absolute Gasteiger partial charge is 0.477 e. The van der Waals surface area contributed by atoms with Gasteiger partial charge < -0.3 is 10.1 Å². The molecular weight excluding hydrogens is 323 g/mol. The Labute approximate surface area is 124 Å². The van der Waals surface area contributed by atoms with Gasteiger partial charge >= 0.3 is 5.97 Å². The second-order valence-electron chi connectivity index (χ2n) is 4.23. The van der Waals surface area contributed by atoms with Gasteiger partial charge in [-0.3, -0.25) is 4.72 Å². The molecule has 9 heteroatoms. The summed E-state index contributed by atoms with van der Waals surface area (Å²) < 4.78 is 39.5. The number of carbonyl (C=O) groups is 1. The Morgan fingerprint density at radius 1 is 1.38 bits per heavy atom. The van der Waals surface area contributed by atoms with Crippen LogP contribution in [0.4, 0.5) is 10.1 Å². The number of carboxylic acids is 1. The minimum atomic E-state index is -4.14. The van der Waals surface area contributed by atoms with Crippen LogP contribution in [0.3, 0.4) is 0 Å². The molecule has 0 unspecified atom stereocenters. The van der Waals surface area contributed by atoms with Gasteiger partial charge in [-0.05, 0) is 31.2 Å². The van der Waals surface area contributed by atoms with Gasteiger partial charge in [-0.1, -0.05) is 11.6 Å². The van der Waals surface area contributed by atoms with E-state index in [2.05, 4.69) is 9.71 Å². The fraction of sp³-hybridized carbons (Fsp3) is 0.0833. The van der Waals surface area contributed by atoms with Crippen molar-refractivity contribution in [2.24, 2.45) is 0 Å². The van der Waals surface area contributed by atoms with Crippen LogP contribution in [0, 0.1) is 12.7 Å². The topological polar surface area (TPSA) is 99.3 Å². The molecule has 1 heterocycles. The molecule has 0 atom stereocenters. The number of H-pyrrole nitrogens is 1. The molecule has 0 spiro atoms. The van der Waals surface area contributed by atoms with Gasteiger partial charge in [0.25, 0.3) is 10.0 Å². The lowest BCUT2D eigenvalue weighted by Gasteiger charge is -2.09. The van der Waals surface area contributed by atoms with E-state index in [1.54, 1.807) is 6.92 Å². The first-order valence-electron chi connectivity index (χ1n) is 5.61. The van der Waals surface area contributed by atoms with Crippen molar-refractivity contribution in [2.75, 3.05) is 4.72 Å². The Morgan fingerprint density at radius 3 is 2.62 bits per heavy atom. The first-order valence-corrected chi connectivity index (χ1v) is 7.47. The fourth-order valence-electron chi connectivity index (χ4n) is 1.73. The van der Waals surface area contributed by atoms with Crippen molar-refractivity contribution in [3.8, 4) is 0 Å². The third kappa shape index (κ3) is 3.17. The Bertz CT molecular complexity index is 817. The van der Waals surface area contributed by atoms with E-state index in [9.17, 15) is 17.6 Å². The summed E-state index contributed by atoms with van der Waals surface area (Å²) in [6, 6.07) is 4.13. The van der Waals surface area contributed by atoms with Crippen LogP contribution in [0.15, 0.2) is 29.2 Å². The quantitative estimate of drug-likeness (QED) is 0.801. The second kappa shape index (κ2) is 5.38. The highest BCUT2D eigenvalue weighted by atomic mass is 35.5. The van der Waals surface area contributed by atoms with Crippen molar-refractivity contribution in [3.05, 3.63) is 46.5 Å². The lowest BCUT2D eigenvalue weighted by atomic mass is 10.3. The van der Waals surface area contributed by atoms with Gasteiger partial charge in [0.2, 0.25) is 0 Å². The standard InChI is InChI=1S/C12H10ClFN2O4S/c1-6-4-9(11(15-6)12(17)18)16-21(19,20)10-3-2-7(14)5-8(10)13/h2-5,15-16H,1H3,(H,17,18). The molecule has 0 amide bonds. The van der Waals surface area contributed by atoms with Crippen LogP contribution < -0.4 is 4.72 Å². The molecule has 0 aliphatic rings. The van der Waals surface area contributed by atoms with Crippen LogP contribution >= 0.6 is 11.6 Å². The van der Waals surface area contributed by atoms with Gasteiger partial charge in [0, 0.05) is 5.69 Å². The summed E-state index contributed by atoms with van der Waals surface area (Å²) in [6.45, 7) is 1.58. The molecule has 3 N–H and O–H groups in total. The van der Waals surface area contributed by atoms with E-state index in [1.807, 2.05) is 0 Å². The van der Waals surface area contributed by atoms with Gasteiger partial charge in [-0.15, -0.1) is 0 Å². The van der Waals surface area contributed by atoms with Crippen molar-refractivity contribution in [1.29, 1.82) is 0 Å². The summed E-state index contributed by atoms with van der Waals surface area (Å²) in [5, 5.41) is 8.70. The number of sulfonamides is 1. The number of anilines is 1. The number of aromatic nitrogens is 1. The summed E-state index contributed by atoms with van der Waals surface area (Å²) in [6.07, 6.45) is 0. The predicted molar refractivity (Wildman–Crippen MR) is 74.7 cm³/mol. The molecule has 0 aliphatic carbocycles. The summed E-state index contributed by atoms with van der Waals surface area (Å²) >= 11 is 5.70. The Hall–Kier alpha value is -2.06. The first kappa shape index (κ1) is 15.3. The van der Waals surface area contributed by atoms with Crippen LogP contribution in [0.2, 0.25) is 5.02 Å². The van der Waals surface area contributed by atoms with Gasteiger partial charge in [-0.25, -0.2) is 17.6 Å². The monoisotopic (exact) mass is 332 g/mol. The maximum Gasteiger partial charge on any atom is 0.354 e. The van der Waals surface area contributed by atoms with Crippen molar-refractivity contribution < 1.29 is 22.7 Å². The van der Waals surface area contributed by atoms with Gasteiger partial charge in [-0.2, -0.15) is 0 Å². The number of carboxylic acid groups (broad SMARTS) is 1. The number of benzene rings is 1. The van der Waals surface area contributed by atoms with Crippen LogP contribution in [0.1, 0.15) is 16.2 Å². The highest BCUT2D eigenvalue weighted by Gasteiger charge is 2.22. The van der Waals surface area contributed by atoms with Crippen molar-refractivity contribution in [3.63, 3.8) is 0 Å². The normalized spacial score (nSPS) is 11.4. The van der Waals surface area contributed by atoms with Crippen LogP contribution in [-0.2, 0) is 10.0 Å². The SMILES string of the molecule is Cc1cc(NS(=O)(=O)c2ccc(F)cc2Cl)c(C(=O)O)[nH]1. The number of hydrogen-bond acceptors (Lipinski definition) is 3. The molecule has 21 heavy (non-hydrogen) atoms. The van der Waals surface area contributed by atoms with Gasteiger partial charge in [0.1, 0.15) is 16.4 Å². The van der Waals surface area contributed by atoms with Crippen LogP contribution in [0.5, 0.6) is 0 Å². The Morgan fingerprint density at radius 2 is 2.05 bits per heavy atom. The predicted octanol–water partition coefficient (Wildman–Crippen LogP) is 2.61. The molecule has 0 fully saturated rings. The molecule has 0 bridgehead atoms. The number of nitrogens with one attached hydrogen (secondary N) is 2. The summed E-state index contributed by atoms with van der Waals surface area (Å²) in [7, 11) is -4.14. The molecular formula is C12H10ClFN2O4S. The van der Waals surface area contributed by atoms with Crippen LogP contribution in [-0.4, -0.2) is 24.5 Å². The average molecular weight is 333 g/mol. The van der Waals surface area contributed by atoms with Gasteiger partial charge in [0.15, 0.2) is 0 Å². The molecule has 0 aliphatic heterocycles. The number of aryl methyl sites for hydroxylation is 1.